The van der Waals surface area contributed by atoms with Gasteiger partial charge in [-0.25, -0.2) is 4.79 Å². The first kappa shape index (κ1) is 18.3. The second-order valence-corrected chi connectivity index (χ2v) is 5.69. The van der Waals surface area contributed by atoms with E-state index < -0.39 is 5.91 Å². The van der Waals surface area contributed by atoms with Crippen molar-refractivity contribution in [3.05, 3.63) is 28.7 Å². The fraction of sp³-hybridized carbons (Fsp3) is 0.412. The molecule has 1 aromatic heterocycles. The highest BCUT2D eigenvalue weighted by atomic mass is 16.2. The first-order valence-corrected chi connectivity index (χ1v) is 8.38. The normalized spacial score (nSPS) is 11.3. The Balaban J connectivity index is 1.88. The Labute approximate surface area is 145 Å². The maximum atomic E-state index is 11.9. The summed E-state index contributed by atoms with van der Waals surface area (Å²) in [6.07, 6.45) is 5.46. The molecule has 4 N–H and O–H groups in total. The molecule has 0 saturated carbocycles. The Morgan fingerprint density at radius 2 is 1.96 bits per heavy atom. The molecule has 2 aromatic rings. The first-order valence-electron chi connectivity index (χ1n) is 8.38. The molecule has 0 saturated heterocycles. The van der Waals surface area contributed by atoms with Crippen molar-refractivity contribution in [1.29, 1.82) is 5.26 Å². The van der Waals surface area contributed by atoms with Gasteiger partial charge in [-0.1, -0.05) is 32.6 Å². The molecule has 1 aromatic carbocycles. The summed E-state index contributed by atoms with van der Waals surface area (Å²) in [5.41, 5.74) is 3.96. The van der Waals surface area contributed by atoms with Crippen molar-refractivity contribution < 1.29 is 4.79 Å². The second kappa shape index (κ2) is 9.27. The van der Waals surface area contributed by atoms with Gasteiger partial charge >= 0.3 is 5.69 Å². The number of carbonyl (C=O) groups is 1. The van der Waals surface area contributed by atoms with E-state index in [1.165, 1.54) is 12.8 Å². The van der Waals surface area contributed by atoms with E-state index in [9.17, 15) is 9.59 Å². The molecule has 0 spiro atoms. The topological polar surface area (TPSA) is 126 Å². The average Bonchev–Trinajstić information content (AvgIpc) is 2.97. The number of anilines is 1. The molecule has 1 heterocycles. The van der Waals surface area contributed by atoms with E-state index in [0.29, 0.717) is 23.3 Å². The SMILES string of the molecule is CCCCCCCNC(=O)/C(C#N)=N/Nc1ccc2[nH]c(=O)[nH]c2c1. The molecule has 8 nitrogen and oxygen atoms in total. The quantitative estimate of drug-likeness (QED) is 0.317. The van der Waals surface area contributed by atoms with E-state index in [-0.39, 0.29) is 11.4 Å². The molecule has 1 amide bonds. The lowest BCUT2D eigenvalue weighted by Crippen LogP contribution is -2.31. The van der Waals surface area contributed by atoms with Crippen LogP contribution in [0.25, 0.3) is 11.0 Å². The van der Waals surface area contributed by atoms with Gasteiger partial charge in [0.1, 0.15) is 6.07 Å². The fourth-order valence-corrected chi connectivity index (χ4v) is 2.36. The minimum atomic E-state index is -0.498. The molecule has 0 fully saturated rings. The minimum Gasteiger partial charge on any atom is -0.350 e. The van der Waals surface area contributed by atoms with Crippen molar-refractivity contribution in [2.45, 2.75) is 39.0 Å². The van der Waals surface area contributed by atoms with E-state index in [2.05, 4.69) is 32.7 Å². The van der Waals surface area contributed by atoms with Gasteiger partial charge in [-0.05, 0) is 24.6 Å². The van der Waals surface area contributed by atoms with Crippen molar-refractivity contribution >= 4 is 28.3 Å². The van der Waals surface area contributed by atoms with Gasteiger partial charge in [-0.3, -0.25) is 10.2 Å². The van der Waals surface area contributed by atoms with Gasteiger partial charge in [0.15, 0.2) is 0 Å². The van der Waals surface area contributed by atoms with E-state index in [0.717, 1.165) is 19.3 Å². The first-order chi connectivity index (χ1) is 12.1. The maximum absolute atomic E-state index is 11.9. The van der Waals surface area contributed by atoms with Crippen LogP contribution in [-0.2, 0) is 4.79 Å². The Kier molecular flexibility index (Phi) is 6.77. The number of hydrogen-bond acceptors (Lipinski definition) is 5. The molecule has 0 aliphatic carbocycles. The summed E-state index contributed by atoms with van der Waals surface area (Å²) < 4.78 is 0. The third-order valence-electron chi connectivity index (χ3n) is 3.70. The molecule has 0 radical (unpaired) electrons. The van der Waals surface area contributed by atoms with Crippen LogP contribution in [0, 0.1) is 11.3 Å². The molecule has 8 heteroatoms. The van der Waals surface area contributed by atoms with E-state index >= 15 is 0 Å². The highest BCUT2D eigenvalue weighted by Crippen LogP contribution is 2.14. The summed E-state index contributed by atoms with van der Waals surface area (Å²) in [7, 11) is 0. The number of hydrogen-bond donors (Lipinski definition) is 4. The number of nitrogens with zero attached hydrogens (tertiary/aromatic N) is 2. The Morgan fingerprint density at radius 1 is 1.20 bits per heavy atom. The number of imidazole rings is 1. The third-order valence-corrected chi connectivity index (χ3v) is 3.70. The maximum Gasteiger partial charge on any atom is 0.323 e. The number of carbonyl (C=O) groups excluding carboxylic acids is 1. The molecule has 25 heavy (non-hydrogen) atoms. The van der Waals surface area contributed by atoms with Crippen molar-refractivity contribution in [2.24, 2.45) is 5.10 Å². The standard InChI is InChI=1S/C17H22N6O2/c1-2-3-4-5-6-9-19-16(24)15(11-18)23-22-12-7-8-13-14(10-12)21-17(25)20-13/h7-8,10,22H,2-6,9H2,1H3,(H,19,24)(H2,20,21,25)/b23-15+. The zero-order valence-electron chi connectivity index (χ0n) is 14.2. The van der Waals surface area contributed by atoms with E-state index in [1.807, 2.05) is 0 Å². The number of hydrazone groups is 1. The molecular weight excluding hydrogens is 320 g/mol. The zero-order chi connectivity index (χ0) is 18.1. The highest BCUT2D eigenvalue weighted by molar-refractivity contribution is 6.45. The van der Waals surface area contributed by atoms with E-state index in [4.69, 9.17) is 5.26 Å². The van der Waals surface area contributed by atoms with E-state index in [1.54, 1.807) is 24.3 Å². The molecule has 0 atom stereocenters. The molecule has 0 aliphatic heterocycles. The summed E-state index contributed by atoms with van der Waals surface area (Å²) >= 11 is 0. The van der Waals surface area contributed by atoms with Crippen LogP contribution in [0.1, 0.15) is 39.0 Å². The van der Waals surface area contributed by atoms with Gasteiger partial charge in [0, 0.05) is 6.54 Å². The van der Waals surface area contributed by atoms with Crippen LogP contribution >= 0.6 is 0 Å². The van der Waals surface area contributed by atoms with Crippen LogP contribution in [0.15, 0.2) is 28.1 Å². The number of H-pyrrole nitrogens is 2. The van der Waals surface area contributed by atoms with Gasteiger partial charge in [0.05, 0.1) is 16.7 Å². The summed E-state index contributed by atoms with van der Waals surface area (Å²) in [5, 5.41) is 15.6. The lowest BCUT2D eigenvalue weighted by atomic mass is 10.1. The highest BCUT2D eigenvalue weighted by Gasteiger charge is 2.10. The number of amides is 1. The van der Waals surface area contributed by atoms with Gasteiger partial charge < -0.3 is 15.3 Å². The second-order valence-electron chi connectivity index (χ2n) is 5.69. The number of fused-ring (bicyclic) bond motifs is 1. The number of aromatic nitrogens is 2. The molecule has 132 valence electrons. The summed E-state index contributed by atoms with van der Waals surface area (Å²) in [6.45, 7) is 2.68. The molecule has 2 rings (SSSR count). The number of benzene rings is 1. The van der Waals surface area contributed by atoms with Crippen LogP contribution in [-0.4, -0.2) is 28.1 Å². The average molecular weight is 342 g/mol. The predicted molar refractivity (Wildman–Crippen MR) is 97.4 cm³/mol. The Morgan fingerprint density at radius 3 is 2.72 bits per heavy atom. The lowest BCUT2D eigenvalue weighted by Gasteiger charge is -2.04. The number of nitriles is 1. The summed E-state index contributed by atoms with van der Waals surface area (Å²) in [5.74, 6) is -0.498. The van der Waals surface area contributed by atoms with Crippen molar-refractivity contribution in [3.8, 4) is 6.07 Å². The third kappa shape index (κ3) is 5.49. The summed E-state index contributed by atoms with van der Waals surface area (Å²) in [4.78, 5) is 28.4. The van der Waals surface area contributed by atoms with Crippen LogP contribution in [0.4, 0.5) is 5.69 Å². The van der Waals surface area contributed by atoms with Crippen LogP contribution in [0.5, 0.6) is 0 Å². The molecule has 0 aliphatic rings. The minimum absolute atomic E-state index is 0.240. The monoisotopic (exact) mass is 342 g/mol. The van der Waals surface area contributed by atoms with Gasteiger partial charge in [-0.15, -0.1) is 0 Å². The van der Waals surface area contributed by atoms with Gasteiger partial charge in [0.25, 0.3) is 5.91 Å². The zero-order valence-corrected chi connectivity index (χ0v) is 14.2. The smallest absolute Gasteiger partial charge is 0.323 e. The van der Waals surface area contributed by atoms with Crippen molar-refractivity contribution in [2.75, 3.05) is 12.0 Å². The van der Waals surface area contributed by atoms with Gasteiger partial charge in [0.2, 0.25) is 5.71 Å². The fourth-order valence-electron chi connectivity index (χ4n) is 2.36. The van der Waals surface area contributed by atoms with Crippen LogP contribution < -0.4 is 16.4 Å². The Bertz CT molecular complexity index is 843. The predicted octanol–water partition coefficient (Wildman–Crippen LogP) is 2.23. The van der Waals surface area contributed by atoms with Gasteiger partial charge in [-0.2, -0.15) is 10.4 Å². The summed E-state index contributed by atoms with van der Waals surface area (Å²) in [6, 6.07) is 6.84. The number of rotatable bonds is 9. The van der Waals surface area contributed by atoms with Crippen LogP contribution in [0.3, 0.4) is 0 Å². The molecule has 0 bridgehead atoms. The molecule has 0 unspecified atom stereocenters. The lowest BCUT2D eigenvalue weighted by molar-refractivity contribution is -0.114. The van der Waals surface area contributed by atoms with Crippen LogP contribution in [0.2, 0.25) is 0 Å². The van der Waals surface area contributed by atoms with Crippen molar-refractivity contribution in [3.63, 3.8) is 0 Å². The molecular formula is C17H22N6O2. The largest absolute Gasteiger partial charge is 0.350 e. The number of unbranched alkanes of at least 4 members (excludes halogenated alkanes) is 4. The van der Waals surface area contributed by atoms with Crippen molar-refractivity contribution in [1.82, 2.24) is 15.3 Å². The number of aromatic amines is 2. The number of nitrogens with one attached hydrogen (secondary N) is 4. The Hall–Kier alpha value is -3.08.